The van der Waals surface area contributed by atoms with Crippen molar-refractivity contribution in [3.8, 4) is 0 Å². The zero-order chi connectivity index (χ0) is 13.0. The summed E-state index contributed by atoms with van der Waals surface area (Å²) in [4.78, 5) is 10.9. The summed E-state index contributed by atoms with van der Waals surface area (Å²) in [6, 6.07) is 0.485. The second kappa shape index (κ2) is 5.67. The highest BCUT2D eigenvalue weighted by atomic mass is 19.2. The van der Waals surface area contributed by atoms with E-state index >= 15 is 0 Å². The molecule has 0 unspecified atom stereocenters. The number of halogens is 3. The summed E-state index contributed by atoms with van der Waals surface area (Å²) in [7, 11) is 1.20. The number of carbonyl (C=O) groups excluding carboxylic acids is 1. The van der Waals surface area contributed by atoms with Crippen LogP contribution >= 0.6 is 0 Å². The molecular weight excluding hydrogens is 235 g/mol. The quantitative estimate of drug-likeness (QED) is 0.648. The van der Waals surface area contributed by atoms with Gasteiger partial charge < -0.3 is 10.5 Å². The van der Waals surface area contributed by atoms with E-state index in [1.165, 1.54) is 7.11 Å². The van der Waals surface area contributed by atoms with Crippen LogP contribution in [0.1, 0.15) is 12.0 Å². The van der Waals surface area contributed by atoms with Gasteiger partial charge in [0.2, 0.25) is 0 Å². The van der Waals surface area contributed by atoms with Gasteiger partial charge in [-0.25, -0.2) is 13.2 Å². The van der Waals surface area contributed by atoms with Gasteiger partial charge in [-0.3, -0.25) is 4.79 Å². The lowest BCUT2D eigenvalue weighted by molar-refractivity contribution is -0.140. The zero-order valence-corrected chi connectivity index (χ0v) is 9.17. The molecule has 0 spiro atoms. The van der Waals surface area contributed by atoms with Gasteiger partial charge in [-0.15, -0.1) is 0 Å². The number of hydrogen-bond donors (Lipinski definition) is 1. The molecule has 0 radical (unpaired) electrons. The Balaban J connectivity index is 2.74. The molecule has 0 aromatic heterocycles. The van der Waals surface area contributed by atoms with Crippen molar-refractivity contribution in [3.63, 3.8) is 0 Å². The van der Waals surface area contributed by atoms with E-state index in [1.807, 2.05) is 0 Å². The van der Waals surface area contributed by atoms with E-state index in [2.05, 4.69) is 4.74 Å². The highest BCUT2D eigenvalue weighted by Gasteiger charge is 2.15. The first-order chi connectivity index (χ1) is 7.93. The van der Waals surface area contributed by atoms with Crippen molar-refractivity contribution < 1.29 is 22.7 Å². The Morgan fingerprint density at radius 3 is 2.47 bits per heavy atom. The summed E-state index contributed by atoms with van der Waals surface area (Å²) in [5.74, 6) is -3.83. The SMILES string of the molecule is COC(=O)C[C@@H](N)Cc1cc(F)c(F)cc1F. The molecule has 6 heteroatoms. The lowest BCUT2D eigenvalue weighted by atomic mass is 10.0. The minimum atomic E-state index is -1.26. The van der Waals surface area contributed by atoms with Crippen molar-refractivity contribution >= 4 is 5.97 Å². The molecule has 0 aliphatic rings. The van der Waals surface area contributed by atoms with Crippen LogP contribution in [0.3, 0.4) is 0 Å². The van der Waals surface area contributed by atoms with Crippen molar-refractivity contribution in [1.29, 1.82) is 0 Å². The van der Waals surface area contributed by atoms with Crippen LogP contribution in [0.15, 0.2) is 12.1 Å². The number of carbonyl (C=O) groups is 1. The van der Waals surface area contributed by atoms with E-state index in [9.17, 15) is 18.0 Å². The number of rotatable bonds is 4. The van der Waals surface area contributed by atoms with Crippen molar-refractivity contribution in [2.45, 2.75) is 18.9 Å². The third kappa shape index (κ3) is 3.74. The number of methoxy groups -OCH3 is 1. The normalized spacial score (nSPS) is 12.3. The molecule has 0 saturated heterocycles. The Labute approximate surface area is 96.4 Å². The van der Waals surface area contributed by atoms with Crippen LogP contribution < -0.4 is 5.73 Å². The first-order valence-electron chi connectivity index (χ1n) is 4.90. The van der Waals surface area contributed by atoms with E-state index in [0.29, 0.717) is 6.07 Å². The van der Waals surface area contributed by atoms with Gasteiger partial charge in [0.05, 0.1) is 13.5 Å². The van der Waals surface area contributed by atoms with Crippen LogP contribution in [0, 0.1) is 17.5 Å². The summed E-state index contributed by atoms with van der Waals surface area (Å²) in [5.41, 5.74) is 5.49. The number of esters is 1. The third-order valence-corrected chi connectivity index (χ3v) is 2.23. The van der Waals surface area contributed by atoms with E-state index in [0.717, 1.165) is 6.07 Å². The van der Waals surface area contributed by atoms with Crippen LogP contribution in [-0.4, -0.2) is 19.1 Å². The zero-order valence-electron chi connectivity index (χ0n) is 9.17. The molecule has 2 N–H and O–H groups in total. The van der Waals surface area contributed by atoms with Crippen LogP contribution in [0.5, 0.6) is 0 Å². The van der Waals surface area contributed by atoms with Gasteiger partial charge in [-0.2, -0.15) is 0 Å². The van der Waals surface area contributed by atoms with Crippen molar-refractivity contribution in [3.05, 3.63) is 35.1 Å². The molecule has 1 aromatic carbocycles. The molecule has 0 bridgehead atoms. The maximum Gasteiger partial charge on any atom is 0.307 e. The maximum absolute atomic E-state index is 13.2. The van der Waals surface area contributed by atoms with E-state index in [-0.39, 0.29) is 18.4 Å². The summed E-state index contributed by atoms with van der Waals surface area (Å²) in [5, 5.41) is 0. The molecule has 3 nitrogen and oxygen atoms in total. The Morgan fingerprint density at radius 1 is 1.29 bits per heavy atom. The fraction of sp³-hybridized carbons (Fsp3) is 0.364. The highest BCUT2D eigenvalue weighted by Crippen LogP contribution is 2.15. The van der Waals surface area contributed by atoms with Crippen LogP contribution in [0.25, 0.3) is 0 Å². The Bertz CT molecular complexity index is 423. The molecule has 17 heavy (non-hydrogen) atoms. The lowest BCUT2D eigenvalue weighted by Crippen LogP contribution is -2.27. The summed E-state index contributed by atoms with van der Waals surface area (Å²) < 4.78 is 43.1. The molecular formula is C11H12F3NO2. The number of ether oxygens (including phenoxy) is 1. The minimum Gasteiger partial charge on any atom is -0.469 e. The Hall–Kier alpha value is -1.56. The monoisotopic (exact) mass is 247 g/mol. The van der Waals surface area contributed by atoms with E-state index < -0.39 is 29.5 Å². The third-order valence-electron chi connectivity index (χ3n) is 2.23. The highest BCUT2D eigenvalue weighted by molar-refractivity contribution is 5.69. The van der Waals surface area contributed by atoms with Gasteiger partial charge in [0.25, 0.3) is 0 Å². The molecule has 1 rings (SSSR count). The summed E-state index contributed by atoms with van der Waals surface area (Å²) in [6.45, 7) is 0. The molecule has 0 amide bonds. The number of nitrogens with two attached hydrogens (primary N) is 1. The predicted molar refractivity (Wildman–Crippen MR) is 54.6 cm³/mol. The molecule has 0 aliphatic heterocycles. The predicted octanol–water partition coefficient (Wildman–Crippen LogP) is 1.54. The first-order valence-corrected chi connectivity index (χ1v) is 4.90. The van der Waals surface area contributed by atoms with Crippen LogP contribution in [0.2, 0.25) is 0 Å². The average Bonchev–Trinajstić information content (AvgIpc) is 2.25. The van der Waals surface area contributed by atoms with Gasteiger partial charge in [0.15, 0.2) is 11.6 Å². The smallest absolute Gasteiger partial charge is 0.307 e. The van der Waals surface area contributed by atoms with E-state index in [1.54, 1.807) is 0 Å². The Morgan fingerprint density at radius 2 is 1.88 bits per heavy atom. The molecule has 0 heterocycles. The van der Waals surface area contributed by atoms with Crippen molar-refractivity contribution in [2.75, 3.05) is 7.11 Å². The second-order valence-electron chi connectivity index (χ2n) is 3.60. The molecule has 0 saturated carbocycles. The second-order valence-corrected chi connectivity index (χ2v) is 3.60. The van der Waals surface area contributed by atoms with Gasteiger partial charge in [-0.1, -0.05) is 0 Å². The number of benzene rings is 1. The summed E-state index contributed by atoms with van der Waals surface area (Å²) >= 11 is 0. The van der Waals surface area contributed by atoms with Gasteiger partial charge in [0.1, 0.15) is 5.82 Å². The lowest BCUT2D eigenvalue weighted by Gasteiger charge is -2.11. The van der Waals surface area contributed by atoms with Gasteiger partial charge in [-0.05, 0) is 18.1 Å². The molecule has 1 atom stereocenters. The molecule has 94 valence electrons. The largest absolute Gasteiger partial charge is 0.469 e. The number of hydrogen-bond acceptors (Lipinski definition) is 3. The van der Waals surface area contributed by atoms with Crippen molar-refractivity contribution in [1.82, 2.24) is 0 Å². The van der Waals surface area contributed by atoms with Crippen molar-refractivity contribution in [2.24, 2.45) is 5.73 Å². The van der Waals surface area contributed by atoms with Gasteiger partial charge in [0, 0.05) is 12.1 Å². The van der Waals surface area contributed by atoms with Crippen LogP contribution in [-0.2, 0) is 16.0 Å². The molecule has 1 aromatic rings. The fourth-order valence-corrected chi connectivity index (χ4v) is 1.37. The first kappa shape index (κ1) is 13.5. The standard InChI is InChI=1S/C11H12F3NO2/c1-17-11(16)4-7(15)2-6-3-9(13)10(14)5-8(6)12/h3,5,7H,2,4,15H2,1H3/t7-/m0/s1. The maximum atomic E-state index is 13.2. The minimum absolute atomic E-state index is 0.0692. The Kier molecular flexibility index (Phi) is 4.51. The average molecular weight is 247 g/mol. The van der Waals surface area contributed by atoms with Gasteiger partial charge >= 0.3 is 5.97 Å². The molecule has 0 aliphatic carbocycles. The molecule has 0 fully saturated rings. The van der Waals surface area contributed by atoms with E-state index in [4.69, 9.17) is 5.73 Å². The summed E-state index contributed by atoms with van der Waals surface area (Å²) in [6.07, 6.45) is -0.187. The topological polar surface area (TPSA) is 52.3 Å². The fourth-order valence-electron chi connectivity index (χ4n) is 1.37. The van der Waals surface area contributed by atoms with Crippen LogP contribution in [0.4, 0.5) is 13.2 Å².